The fourth-order valence-electron chi connectivity index (χ4n) is 3.24. The molecule has 0 N–H and O–H groups in total. The average Bonchev–Trinajstić information content (AvgIpc) is 3.44. The van der Waals surface area contributed by atoms with Crippen molar-refractivity contribution in [2.75, 3.05) is 7.11 Å². The van der Waals surface area contributed by atoms with Gasteiger partial charge in [-0.3, -0.25) is 0 Å². The van der Waals surface area contributed by atoms with Gasteiger partial charge in [-0.1, -0.05) is 54.2 Å². The standard InChI is InChI=1S/C23H25N5O2S/c1-3-7-20-24-21(30-27-20)16-31-23-26-25-22(18-10-12-19(29-2)13-11-18)28(23)15-14-17-8-5-4-6-9-17/h4-6,8-13H,3,7,14-16H2,1-2H3. The van der Waals surface area contributed by atoms with E-state index in [9.17, 15) is 0 Å². The largest absolute Gasteiger partial charge is 0.497 e. The third-order valence-corrected chi connectivity index (χ3v) is 5.79. The molecule has 160 valence electrons. The molecule has 8 heteroatoms. The molecule has 2 aromatic carbocycles. The molecule has 2 aromatic heterocycles. The van der Waals surface area contributed by atoms with Gasteiger partial charge in [-0.2, -0.15) is 4.98 Å². The van der Waals surface area contributed by atoms with Crippen molar-refractivity contribution < 1.29 is 9.26 Å². The molecule has 7 nitrogen and oxygen atoms in total. The first-order chi connectivity index (χ1) is 15.3. The van der Waals surface area contributed by atoms with E-state index in [1.54, 1.807) is 18.9 Å². The first-order valence-corrected chi connectivity index (χ1v) is 11.3. The van der Waals surface area contributed by atoms with Crippen LogP contribution in [0.2, 0.25) is 0 Å². The van der Waals surface area contributed by atoms with Crippen LogP contribution in [0.4, 0.5) is 0 Å². The van der Waals surface area contributed by atoms with E-state index in [0.29, 0.717) is 11.6 Å². The number of benzene rings is 2. The SMILES string of the molecule is CCCc1noc(CSc2nnc(-c3ccc(OC)cc3)n2CCc2ccccc2)n1. The van der Waals surface area contributed by atoms with E-state index in [4.69, 9.17) is 9.26 Å². The maximum atomic E-state index is 5.37. The Balaban J connectivity index is 1.56. The van der Waals surface area contributed by atoms with Crippen LogP contribution in [0.1, 0.15) is 30.6 Å². The van der Waals surface area contributed by atoms with E-state index in [0.717, 1.165) is 53.9 Å². The van der Waals surface area contributed by atoms with E-state index in [1.807, 2.05) is 30.3 Å². The summed E-state index contributed by atoms with van der Waals surface area (Å²) in [6.07, 6.45) is 2.70. The molecule has 4 aromatic rings. The van der Waals surface area contributed by atoms with Crippen LogP contribution in [0.5, 0.6) is 5.75 Å². The van der Waals surface area contributed by atoms with Gasteiger partial charge in [0.05, 0.1) is 12.9 Å². The molecule has 0 aliphatic heterocycles. The smallest absolute Gasteiger partial charge is 0.237 e. The highest BCUT2D eigenvalue weighted by Gasteiger charge is 2.16. The van der Waals surface area contributed by atoms with Crippen molar-refractivity contribution >= 4 is 11.8 Å². The first-order valence-electron chi connectivity index (χ1n) is 10.3. The van der Waals surface area contributed by atoms with Gasteiger partial charge in [0.25, 0.3) is 0 Å². The summed E-state index contributed by atoms with van der Waals surface area (Å²) >= 11 is 1.56. The lowest BCUT2D eigenvalue weighted by Crippen LogP contribution is -2.05. The van der Waals surface area contributed by atoms with E-state index >= 15 is 0 Å². The lowest BCUT2D eigenvalue weighted by Gasteiger charge is -2.10. The number of aryl methyl sites for hydroxylation is 2. The van der Waals surface area contributed by atoms with Gasteiger partial charge >= 0.3 is 0 Å². The van der Waals surface area contributed by atoms with Crippen LogP contribution in [-0.2, 0) is 25.1 Å². The molecular formula is C23H25N5O2S. The fourth-order valence-corrected chi connectivity index (χ4v) is 4.04. The van der Waals surface area contributed by atoms with Crippen LogP contribution in [0.15, 0.2) is 64.3 Å². The second-order valence-electron chi connectivity index (χ2n) is 7.06. The monoisotopic (exact) mass is 435 g/mol. The summed E-state index contributed by atoms with van der Waals surface area (Å²) in [5.41, 5.74) is 2.27. The third-order valence-electron chi connectivity index (χ3n) is 4.84. The first kappa shape index (κ1) is 21.1. The predicted molar refractivity (Wildman–Crippen MR) is 120 cm³/mol. The molecule has 0 fully saturated rings. The number of nitrogens with zero attached hydrogens (tertiary/aromatic N) is 5. The number of ether oxygens (including phenoxy) is 1. The van der Waals surface area contributed by atoms with Crippen LogP contribution < -0.4 is 4.74 Å². The molecule has 0 amide bonds. The Morgan fingerprint density at radius 1 is 1.00 bits per heavy atom. The second kappa shape index (κ2) is 10.3. The van der Waals surface area contributed by atoms with Crippen LogP contribution in [0.3, 0.4) is 0 Å². The van der Waals surface area contributed by atoms with Crippen molar-refractivity contribution in [1.82, 2.24) is 24.9 Å². The van der Waals surface area contributed by atoms with Crippen molar-refractivity contribution in [2.45, 2.75) is 43.6 Å². The summed E-state index contributed by atoms with van der Waals surface area (Å²) in [7, 11) is 1.66. The minimum Gasteiger partial charge on any atom is -0.497 e. The van der Waals surface area contributed by atoms with Gasteiger partial charge < -0.3 is 13.8 Å². The van der Waals surface area contributed by atoms with Crippen molar-refractivity contribution in [1.29, 1.82) is 0 Å². The highest BCUT2D eigenvalue weighted by Crippen LogP contribution is 2.27. The van der Waals surface area contributed by atoms with Crippen LogP contribution in [0.25, 0.3) is 11.4 Å². The Morgan fingerprint density at radius 2 is 1.81 bits per heavy atom. The number of rotatable bonds is 10. The summed E-state index contributed by atoms with van der Waals surface area (Å²) < 4.78 is 12.8. The number of aromatic nitrogens is 5. The Morgan fingerprint density at radius 3 is 2.55 bits per heavy atom. The zero-order chi connectivity index (χ0) is 21.5. The van der Waals surface area contributed by atoms with E-state index in [-0.39, 0.29) is 0 Å². The minimum atomic E-state index is 0.558. The number of thioether (sulfide) groups is 1. The Labute approximate surface area is 185 Å². The van der Waals surface area contributed by atoms with Crippen LogP contribution in [0, 0.1) is 0 Å². The topological polar surface area (TPSA) is 78.9 Å². The molecule has 0 saturated heterocycles. The fraction of sp³-hybridized carbons (Fsp3) is 0.304. The molecule has 0 aliphatic rings. The molecule has 0 radical (unpaired) electrons. The van der Waals surface area contributed by atoms with Gasteiger partial charge in [-0.05, 0) is 42.7 Å². The Hall–Kier alpha value is -3.13. The highest BCUT2D eigenvalue weighted by atomic mass is 32.2. The summed E-state index contributed by atoms with van der Waals surface area (Å²) in [5, 5.41) is 13.8. The van der Waals surface area contributed by atoms with Gasteiger partial charge in [0.1, 0.15) is 5.75 Å². The van der Waals surface area contributed by atoms with Crippen molar-refractivity contribution in [2.24, 2.45) is 0 Å². The van der Waals surface area contributed by atoms with Gasteiger partial charge in [-0.25, -0.2) is 0 Å². The molecule has 0 atom stereocenters. The van der Waals surface area contributed by atoms with Gasteiger partial charge in [0.15, 0.2) is 16.8 Å². The molecule has 4 rings (SSSR count). The number of hydrogen-bond donors (Lipinski definition) is 0. The van der Waals surface area contributed by atoms with Gasteiger partial charge in [-0.15, -0.1) is 10.2 Å². The number of methoxy groups -OCH3 is 1. The zero-order valence-electron chi connectivity index (χ0n) is 17.7. The van der Waals surface area contributed by atoms with Crippen molar-refractivity contribution in [3.8, 4) is 17.1 Å². The minimum absolute atomic E-state index is 0.558. The quantitative estimate of drug-likeness (QED) is 0.330. The maximum Gasteiger partial charge on any atom is 0.237 e. The molecule has 0 bridgehead atoms. The lowest BCUT2D eigenvalue weighted by atomic mass is 10.1. The zero-order valence-corrected chi connectivity index (χ0v) is 18.5. The van der Waals surface area contributed by atoms with Crippen molar-refractivity contribution in [3.63, 3.8) is 0 Å². The van der Waals surface area contributed by atoms with E-state index in [1.165, 1.54) is 5.56 Å². The molecule has 0 spiro atoms. The van der Waals surface area contributed by atoms with E-state index in [2.05, 4.69) is 56.1 Å². The summed E-state index contributed by atoms with van der Waals surface area (Å²) in [6.45, 7) is 2.87. The highest BCUT2D eigenvalue weighted by molar-refractivity contribution is 7.98. The van der Waals surface area contributed by atoms with E-state index < -0.39 is 0 Å². The Kier molecular flexibility index (Phi) is 6.99. The van der Waals surface area contributed by atoms with Crippen molar-refractivity contribution in [3.05, 3.63) is 71.9 Å². The third kappa shape index (κ3) is 5.32. The summed E-state index contributed by atoms with van der Waals surface area (Å²) in [6, 6.07) is 18.3. The molecule has 0 saturated carbocycles. The maximum absolute atomic E-state index is 5.37. The van der Waals surface area contributed by atoms with Crippen LogP contribution in [-0.4, -0.2) is 32.0 Å². The molecule has 2 heterocycles. The summed E-state index contributed by atoms with van der Waals surface area (Å²) in [5.74, 6) is 3.56. The van der Waals surface area contributed by atoms with Gasteiger partial charge in [0.2, 0.25) is 5.89 Å². The van der Waals surface area contributed by atoms with Gasteiger partial charge in [0, 0.05) is 18.5 Å². The summed E-state index contributed by atoms with van der Waals surface area (Å²) in [4.78, 5) is 4.45. The molecular weight excluding hydrogens is 410 g/mol. The molecule has 0 aliphatic carbocycles. The van der Waals surface area contributed by atoms with Crippen LogP contribution >= 0.6 is 11.8 Å². The Bertz CT molecular complexity index is 1090. The molecule has 0 unspecified atom stereocenters. The molecule has 31 heavy (non-hydrogen) atoms. The predicted octanol–water partition coefficient (Wildman–Crippen LogP) is 4.82. The number of hydrogen-bond acceptors (Lipinski definition) is 7. The average molecular weight is 436 g/mol. The lowest BCUT2D eigenvalue weighted by molar-refractivity contribution is 0.384. The second-order valence-corrected chi connectivity index (χ2v) is 8.01. The normalized spacial score (nSPS) is 11.0.